The van der Waals surface area contributed by atoms with Gasteiger partial charge in [-0.05, 0) is 5.56 Å². The van der Waals surface area contributed by atoms with E-state index in [1.54, 1.807) is 9.80 Å². The molecule has 0 saturated carbocycles. The summed E-state index contributed by atoms with van der Waals surface area (Å²) in [6, 6.07) is 9.51. The van der Waals surface area contributed by atoms with Gasteiger partial charge in [0.15, 0.2) is 0 Å². The van der Waals surface area contributed by atoms with Gasteiger partial charge in [0, 0.05) is 45.4 Å². The van der Waals surface area contributed by atoms with Crippen LogP contribution in [0.2, 0.25) is 0 Å². The molecule has 0 bridgehead atoms. The van der Waals surface area contributed by atoms with E-state index in [1.807, 2.05) is 30.3 Å². The minimum absolute atomic E-state index is 0.00157. The molecule has 128 valence electrons. The molecule has 2 heterocycles. The minimum atomic E-state index is -0.374. The quantitative estimate of drug-likeness (QED) is 0.777. The number of hydrogen-bond acceptors (Lipinski definition) is 4. The molecule has 2 saturated heterocycles. The van der Waals surface area contributed by atoms with Crippen LogP contribution in [-0.4, -0.2) is 53.8 Å². The van der Waals surface area contributed by atoms with Gasteiger partial charge in [0.05, 0.1) is 5.92 Å². The molecular formula is C18H22N2O4. The van der Waals surface area contributed by atoms with Crippen LogP contribution in [0.4, 0.5) is 0 Å². The molecule has 1 spiro atoms. The van der Waals surface area contributed by atoms with Crippen LogP contribution < -0.4 is 0 Å². The summed E-state index contributed by atoms with van der Waals surface area (Å²) in [5, 5.41) is 0. The zero-order valence-electron chi connectivity index (χ0n) is 14.0. The molecule has 6 heteroatoms. The molecule has 0 unspecified atom stereocenters. The number of nitrogens with zero attached hydrogens (tertiary/aromatic N) is 2. The lowest BCUT2D eigenvalue weighted by Gasteiger charge is -2.49. The van der Waals surface area contributed by atoms with Gasteiger partial charge in [0.25, 0.3) is 0 Å². The van der Waals surface area contributed by atoms with Crippen molar-refractivity contribution in [2.24, 2.45) is 11.3 Å². The molecule has 24 heavy (non-hydrogen) atoms. The maximum absolute atomic E-state index is 12.6. The van der Waals surface area contributed by atoms with E-state index >= 15 is 0 Å². The fraction of sp³-hybridized carbons (Fsp3) is 0.500. The molecule has 3 rings (SSSR count). The van der Waals surface area contributed by atoms with E-state index in [0.717, 1.165) is 5.56 Å². The van der Waals surface area contributed by atoms with Crippen LogP contribution in [0.15, 0.2) is 30.3 Å². The van der Waals surface area contributed by atoms with Gasteiger partial charge in [0.1, 0.15) is 6.61 Å². The third-order valence-electron chi connectivity index (χ3n) is 5.06. The monoisotopic (exact) mass is 330 g/mol. The Hall–Kier alpha value is -2.37. The first-order valence-corrected chi connectivity index (χ1v) is 8.13. The molecule has 1 aromatic rings. The van der Waals surface area contributed by atoms with Crippen molar-refractivity contribution in [1.82, 2.24) is 9.80 Å². The molecule has 0 radical (unpaired) electrons. The zero-order valence-corrected chi connectivity index (χ0v) is 14.0. The van der Waals surface area contributed by atoms with Crippen LogP contribution >= 0.6 is 0 Å². The number of rotatable bonds is 3. The van der Waals surface area contributed by atoms with E-state index in [9.17, 15) is 14.4 Å². The van der Waals surface area contributed by atoms with Gasteiger partial charge in [0.2, 0.25) is 11.8 Å². The summed E-state index contributed by atoms with van der Waals surface area (Å²) in [6.07, 6.45) is 0. The number of carbonyl (C=O) groups is 3. The summed E-state index contributed by atoms with van der Waals surface area (Å²) >= 11 is 0. The topological polar surface area (TPSA) is 66.9 Å². The van der Waals surface area contributed by atoms with Gasteiger partial charge in [-0.2, -0.15) is 0 Å². The van der Waals surface area contributed by atoms with Gasteiger partial charge in [-0.1, -0.05) is 30.3 Å². The molecule has 0 aliphatic carbocycles. The molecule has 0 aromatic heterocycles. The second kappa shape index (κ2) is 6.26. The highest BCUT2D eigenvalue weighted by molar-refractivity contribution is 5.80. The van der Waals surface area contributed by atoms with Crippen molar-refractivity contribution in [2.75, 3.05) is 26.2 Å². The number of esters is 1. The van der Waals surface area contributed by atoms with Gasteiger partial charge in [-0.15, -0.1) is 0 Å². The average molecular weight is 330 g/mol. The van der Waals surface area contributed by atoms with Crippen molar-refractivity contribution in [3.05, 3.63) is 35.9 Å². The lowest BCUT2D eigenvalue weighted by atomic mass is 9.71. The smallest absolute Gasteiger partial charge is 0.311 e. The van der Waals surface area contributed by atoms with Gasteiger partial charge in [-0.3, -0.25) is 14.4 Å². The number of carbonyl (C=O) groups excluding carboxylic acids is 3. The maximum Gasteiger partial charge on any atom is 0.311 e. The first kappa shape index (κ1) is 16.5. The summed E-state index contributed by atoms with van der Waals surface area (Å²) in [7, 11) is 0. The fourth-order valence-corrected chi connectivity index (χ4v) is 3.62. The largest absolute Gasteiger partial charge is 0.461 e. The number of likely N-dealkylation sites (tertiary alicyclic amines) is 2. The van der Waals surface area contributed by atoms with E-state index < -0.39 is 0 Å². The maximum atomic E-state index is 12.6. The molecular weight excluding hydrogens is 308 g/mol. The van der Waals surface area contributed by atoms with E-state index in [2.05, 4.69) is 0 Å². The first-order chi connectivity index (χ1) is 11.4. The van der Waals surface area contributed by atoms with Crippen LogP contribution in [0.5, 0.6) is 0 Å². The summed E-state index contributed by atoms with van der Waals surface area (Å²) in [6.45, 7) is 5.16. The fourth-order valence-electron chi connectivity index (χ4n) is 3.62. The molecule has 2 aliphatic rings. The average Bonchev–Trinajstić information content (AvgIpc) is 2.93. The van der Waals surface area contributed by atoms with Crippen molar-refractivity contribution in [1.29, 1.82) is 0 Å². The van der Waals surface area contributed by atoms with Crippen LogP contribution in [0.3, 0.4) is 0 Å². The number of ether oxygens (including phenoxy) is 1. The Balaban J connectivity index is 1.68. The third-order valence-corrected chi connectivity index (χ3v) is 5.06. The summed E-state index contributed by atoms with van der Waals surface area (Å²) < 4.78 is 5.49. The minimum Gasteiger partial charge on any atom is -0.461 e. The molecule has 2 fully saturated rings. The third kappa shape index (κ3) is 3.00. The van der Waals surface area contributed by atoms with E-state index in [-0.39, 0.29) is 35.7 Å². The number of hydrogen-bond donors (Lipinski definition) is 0. The van der Waals surface area contributed by atoms with Crippen molar-refractivity contribution < 1.29 is 19.1 Å². The molecule has 6 nitrogen and oxygen atoms in total. The summed E-state index contributed by atoms with van der Waals surface area (Å²) in [5.74, 6) is -0.709. The Morgan fingerprint density at radius 3 is 2.21 bits per heavy atom. The van der Waals surface area contributed by atoms with Crippen molar-refractivity contribution in [3.8, 4) is 0 Å². The highest BCUT2D eigenvalue weighted by atomic mass is 16.5. The molecule has 1 aromatic carbocycles. The Bertz CT molecular complexity index is 652. The lowest BCUT2D eigenvalue weighted by molar-refractivity contribution is -0.162. The van der Waals surface area contributed by atoms with Crippen LogP contribution in [0.1, 0.15) is 19.4 Å². The van der Waals surface area contributed by atoms with Crippen molar-refractivity contribution >= 4 is 17.8 Å². The predicted molar refractivity (Wildman–Crippen MR) is 86.7 cm³/mol. The number of benzene rings is 1. The Morgan fingerprint density at radius 2 is 1.62 bits per heavy atom. The Labute approximate surface area is 141 Å². The van der Waals surface area contributed by atoms with E-state index in [4.69, 9.17) is 4.74 Å². The van der Waals surface area contributed by atoms with Crippen LogP contribution in [-0.2, 0) is 25.7 Å². The van der Waals surface area contributed by atoms with E-state index in [1.165, 1.54) is 13.8 Å². The second-order valence-electron chi connectivity index (χ2n) is 6.78. The Kier molecular flexibility index (Phi) is 4.30. The molecule has 0 N–H and O–H groups in total. The number of amides is 2. The zero-order chi connectivity index (χ0) is 17.3. The SMILES string of the molecule is CC(=O)N1C[C@@H](C(=O)OCc2ccccc2)C2(C1)CN(C(C)=O)C2. The molecule has 2 amide bonds. The van der Waals surface area contributed by atoms with Gasteiger partial charge in [-0.25, -0.2) is 0 Å². The first-order valence-electron chi connectivity index (χ1n) is 8.13. The highest BCUT2D eigenvalue weighted by Crippen LogP contribution is 2.44. The molecule has 1 atom stereocenters. The lowest BCUT2D eigenvalue weighted by Crippen LogP contribution is -2.63. The van der Waals surface area contributed by atoms with Crippen molar-refractivity contribution in [2.45, 2.75) is 20.5 Å². The van der Waals surface area contributed by atoms with Crippen molar-refractivity contribution in [3.63, 3.8) is 0 Å². The Morgan fingerprint density at radius 1 is 1.04 bits per heavy atom. The van der Waals surface area contributed by atoms with Crippen LogP contribution in [0, 0.1) is 11.3 Å². The van der Waals surface area contributed by atoms with Gasteiger partial charge < -0.3 is 14.5 Å². The molecule has 2 aliphatic heterocycles. The highest BCUT2D eigenvalue weighted by Gasteiger charge is 2.58. The summed E-state index contributed by atoms with van der Waals surface area (Å²) in [5.41, 5.74) is 0.575. The summed E-state index contributed by atoms with van der Waals surface area (Å²) in [4.78, 5) is 39.2. The predicted octanol–water partition coefficient (Wildman–Crippen LogP) is 1.06. The standard InChI is InChI=1S/C18H22N2O4/c1-13(21)19-8-16(18(10-19)11-20(12-18)14(2)22)17(23)24-9-15-6-4-3-5-7-15/h3-7,16H,8-12H2,1-2H3/t16-/m0/s1. The van der Waals surface area contributed by atoms with E-state index in [0.29, 0.717) is 26.2 Å². The van der Waals surface area contributed by atoms with Gasteiger partial charge >= 0.3 is 5.97 Å². The second-order valence-corrected chi connectivity index (χ2v) is 6.78. The van der Waals surface area contributed by atoms with Crippen LogP contribution in [0.25, 0.3) is 0 Å². The normalized spacial score (nSPS) is 21.5.